The fraction of sp³-hybridized carbons (Fsp3) is 0.476. The van der Waals surface area contributed by atoms with Crippen LogP contribution in [-0.2, 0) is 17.1 Å². The number of thioether (sulfide) groups is 2. The van der Waals surface area contributed by atoms with Crippen LogP contribution >= 0.6 is 34.9 Å². The Hall–Kier alpha value is -2.09. The highest BCUT2D eigenvalue weighted by Crippen LogP contribution is 2.32. The molecule has 0 spiro atoms. The van der Waals surface area contributed by atoms with E-state index in [0.717, 1.165) is 59.5 Å². The van der Waals surface area contributed by atoms with Crippen molar-refractivity contribution in [2.45, 2.75) is 66.4 Å². The number of nitrogens with one attached hydrogen (secondary N) is 1. The molecule has 1 aliphatic rings. The minimum Gasteiger partial charge on any atom is -0.337 e. The zero-order chi connectivity index (χ0) is 21.7. The van der Waals surface area contributed by atoms with Gasteiger partial charge in [-0.05, 0) is 31.9 Å². The van der Waals surface area contributed by atoms with Crippen LogP contribution in [-0.4, -0.2) is 36.9 Å². The first-order valence-electron chi connectivity index (χ1n) is 10.4. The average molecular weight is 473 g/mol. The number of amides is 1. The molecule has 1 aromatic carbocycles. The number of thiazole rings is 1. The molecule has 1 aliphatic carbocycles. The van der Waals surface area contributed by atoms with E-state index in [4.69, 9.17) is 0 Å². The molecule has 1 saturated carbocycles. The van der Waals surface area contributed by atoms with Crippen LogP contribution in [0, 0.1) is 11.3 Å². The summed E-state index contributed by atoms with van der Waals surface area (Å²) in [5.41, 5.74) is 0.315. The summed E-state index contributed by atoms with van der Waals surface area (Å²) in [6.45, 7) is 2.78. The third-order valence-electron chi connectivity index (χ3n) is 5.34. The molecule has 0 radical (unpaired) electrons. The average Bonchev–Trinajstić information content (AvgIpc) is 3.39. The number of fused-ring (bicyclic) bond motifs is 1. The highest BCUT2D eigenvalue weighted by molar-refractivity contribution is 8.00. The van der Waals surface area contributed by atoms with E-state index in [0.29, 0.717) is 5.75 Å². The van der Waals surface area contributed by atoms with Crippen molar-refractivity contribution in [3.8, 4) is 6.07 Å². The van der Waals surface area contributed by atoms with Crippen molar-refractivity contribution in [1.29, 1.82) is 5.26 Å². The van der Waals surface area contributed by atoms with Crippen LogP contribution in [0.4, 0.5) is 0 Å². The Kier molecular flexibility index (Phi) is 7.15. The maximum atomic E-state index is 12.5. The first-order valence-corrected chi connectivity index (χ1v) is 13.2. The number of hydrogen-bond donors (Lipinski definition) is 1. The van der Waals surface area contributed by atoms with E-state index >= 15 is 0 Å². The van der Waals surface area contributed by atoms with Gasteiger partial charge in [-0.1, -0.05) is 54.9 Å². The van der Waals surface area contributed by atoms with Gasteiger partial charge in [0, 0.05) is 6.54 Å². The van der Waals surface area contributed by atoms with E-state index in [1.165, 1.54) is 16.5 Å². The van der Waals surface area contributed by atoms with Gasteiger partial charge in [-0.15, -0.1) is 21.5 Å². The maximum Gasteiger partial charge on any atom is 0.231 e. The van der Waals surface area contributed by atoms with Crippen molar-refractivity contribution < 1.29 is 4.79 Å². The molecule has 1 fully saturated rings. The molecule has 31 heavy (non-hydrogen) atoms. The first kappa shape index (κ1) is 22.1. The van der Waals surface area contributed by atoms with Crippen molar-refractivity contribution in [3.05, 3.63) is 30.1 Å². The summed E-state index contributed by atoms with van der Waals surface area (Å²) in [4.78, 5) is 17.2. The molecule has 0 unspecified atom stereocenters. The molecule has 0 saturated heterocycles. The molecule has 0 atom stereocenters. The van der Waals surface area contributed by atoms with Crippen molar-refractivity contribution in [1.82, 2.24) is 25.1 Å². The van der Waals surface area contributed by atoms with Gasteiger partial charge in [-0.3, -0.25) is 4.79 Å². The summed E-state index contributed by atoms with van der Waals surface area (Å²) >= 11 is 4.70. The normalized spacial score (nSPS) is 15.6. The lowest BCUT2D eigenvalue weighted by Gasteiger charge is -2.31. The van der Waals surface area contributed by atoms with Gasteiger partial charge in [0.25, 0.3) is 0 Å². The minimum atomic E-state index is -0.701. The van der Waals surface area contributed by atoms with Crippen molar-refractivity contribution >= 4 is 51.0 Å². The van der Waals surface area contributed by atoms with Gasteiger partial charge < -0.3 is 9.88 Å². The van der Waals surface area contributed by atoms with E-state index in [-0.39, 0.29) is 11.7 Å². The fourth-order valence-electron chi connectivity index (χ4n) is 3.74. The second kappa shape index (κ2) is 10.0. The van der Waals surface area contributed by atoms with Gasteiger partial charge in [-0.25, -0.2) is 4.98 Å². The molecular weight excluding hydrogens is 448 g/mol. The number of hydrogen-bond acceptors (Lipinski definition) is 8. The molecule has 2 aromatic heterocycles. The Morgan fingerprint density at radius 3 is 2.81 bits per heavy atom. The Morgan fingerprint density at radius 2 is 2.06 bits per heavy atom. The van der Waals surface area contributed by atoms with Gasteiger partial charge in [0.2, 0.25) is 5.91 Å². The predicted octanol–water partition coefficient (Wildman–Crippen LogP) is 4.63. The lowest BCUT2D eigenvalue weighted by molar-refractivity contribution is -0.120. The zero-order valence-corrected chi connectivity index (χ0v) is 19.8. The molecule has 1 amide bonds. The molecule has 0 bridgehead atoms. The summed E-state index contributed by atoms with van der Waals surface area (Å²) in [5, 5.41) is 21.9. The number of para-hydroxylation sites is 1. The van der Waals surface area contributed by atoms with Gasteiger partial charge in [-0.2, -0.15) is 5.26 Å². The Morgan fingerprint density at radius 1 is 1.26 bits per heavy atom. The Labute approximate surface area is 194 Å². The SMILES string of the molecule is CCn1c(CSc2nc3ccccc3s2)nnc1SCC(=O)NC1(C#N)CCCCC1. The lowest BCUT2D eigenvalue weighted by atomic mass is 9.83. The van der Waals surface area contributed by atoms with Crippen LogP contribution in [0.25, 0.3) is 10.2 Å². The fourth-order valence-corrected chi connectivity index (χ4v) is 6.57. The van der Waals surface area contributed by atoms with Crippen LogP contribution < -0.4 is 5.32 Å². The topological polar surface area (TPSA) is 96.5 Å². The summed E-state index contributed by atoms with van der Waals surface area (Å²) in [5.74, 6) is 1.65. The molecule has 10 heteroatoms. The zero-order valence-electron chi connectivity index (χ0n) is 17.3. The molecule has 1 N–H and O–H groups in total. The van der Waals surface area contributed by atoms with Crippen molar-refractivity contribution in [2.24, 2.45) is 0 Å². The highest BCUT2D eigenvalue weighted by atomic mass is 32.2. The van der Waals surface area contributed by atoms with Crippen LogP contribution in [0.1, 0.15) is 44.9 Å². The maximum absolute atomic E-state index is 12.5. The van der Waals surface area contributed by atoms with Gasteiger partial charge in [0.15, 0.2) is 9.50 Å². The van der Waals surface area contributed by atoms with Crippen molar-refractivity contribution in [3.63, 3.8) is 0 Å². The largest absolute Gasteiger partial charge is 0.337 e. The van der Waals surface area contributed by atoms with E-state index in [1.807, 2.05) is 29.7 Å². The number of carbonyl (C=O) groups excluding carboxylic acids is 1. The molecular formula is C21H24N6OS3. The van der Waals surface area contributed by atoms with Crippen LogP contribution in [0.15, 0.2) is 33.8 Å². The number of nitriles is 1. The van der Waals surface area contributed by atoms with Gasteiger partial charge in [0.1, 0.15) is 11.4 Å². The van der Waals surface area contributed by atoms with Crippen LogP contribution in [0.5, 0.6) is 0 Å². The number of rotatable bonds is 8. The standard InChI is InChI=1S/C21H24N6OS3/c1-2-27-17(12-30-20-23-15-8-4-5-9-16(15)31-20)25-26-19(27)29-13-18(28)24-21(14-22)10-6-3-7-11-21/h4-5,8-9H,2-3,6-7,10-13H2,1H3,(H,24,28). The highest BCUT2D eigenvalue weighted by Gasteiger charge is 2.33. The van der Waals surface area contributed by atoms with E-state index < -0.39 is 5.54 Å². The quantitative estimate of drug-likeness (QED) is 0.477. The minimum absolute atomic E-state index is 0.121. The summed E-state index contributed by atoms with van der Waals surface area (Å²) in [6, 6.07) is 10.5. The third-order valence-corrected chi connectivity index (χ3v) is 8.48. The second-order valence-electron chi connectivity index (χ2n) is 7.47. The van der Waals surface area contributed by atoms with E-state index in [9.17, 15) is 10.1 Å². The Balaban J connectivity index is 1.35. The monoisotopic (exact) mass is 472 g/mol. The van der Waals surface area contributed by atoms with Crippen LogP contribution in [0.3, 0.4) is 0 Å². The molecule has 4 rings (SSSR count). The van der Waals surface area contributed by atoms with Gasteiger partial charge in [0.05, 0.1) is 27.8 Å². The van der Waals surface area contributed by atoms with Gasteiger partial charge >= 0.3 is 0 Å². The number of nitrogens with zero attached hydrogens (tertiary/aromatic N) is 5. The summed E-state index contributed by atoms with van der Waals surface area (Å²) in [7, 11) is 0. The van der Waals surface area contributed by atoms with Crippen LogP contribution in [0.2, 0.25) is 0 Å². The third kappa shape index (κ3) is 5.22. The molecule has 3 aromatic rings. The number of aromatic nitrogens is 4. The number of carbonyl (C=O) groups is 1. The first-order chi connectivity index (χ1) is 15.1. The number of benzene rings is 1. The molecule has 7 nitrogen and oxygen atoms in total. The Bertz CT molecular complexity index is 1060. The molecule has 162 valence electrons. The molecule has 0 aliphatic heterocycles. The van der Waals surface area contributed by atoms with E-state index in [2.05, 4.69) is 32.6 Å². The lowest BCUT2D eigenvalue weighted by Crippen LogP contribution is -2.49. The molecule has 2 heterocycles. The predicted molar refractivity (Wildman–Crippen MR) is 125 cm³/mol. The summed E-state index contributed by atoms with van der Waals surface area (Å²) < 4.78 is 4.23. The smallest absolute Gasteiger partial charge is 0.231 e. The second-order valence-corrected chi connectivity index (χ2v) is 10.7. The van der Waals surface area contributed by atoms with E-state index in [1.54, 1.807) is 23.1 Å². The van der Waals surface area contributed by atoms with Crippen molar-refractivity contribution in [2.75, 3.05) is 5.75 Å². The summed E-state index contributed by atoms with van der Waals surface area (Å²) in [6.07, 6.45) is 4.57.